The molecule has 0 saturated carbocycles. The first-order chi connectivity index (χ1) is 18.3. The van der Waals surface area contributed by atoms with E-state index in [1.807, 2.05) is 0 Å². The number of carbonyl (C=O) groups is 2. The molecule has 4 aromatic rings. The maximum atomic E-state index is 13.8. The van der Waals surface area contributed by atoms with Crippen LogP contribution in [-0.4, -0.2) is 29.3 Å². The zero-order valence-electron chi connectivity index (χ0n) is 20.5. The van der Waals surface area contributed by atoms with Gasteiger partial charge >= 0.3 is 11.9 Å². The fourth-order valence-electron chi connectivity index (χ4n) is 5.83. The van der Waals surface area contributed by atoms with Crippen molar-refractivity contribution in [1.82, 2.24) is 0 Å². The van der Waals surface area contributed by atoms with Crippen molar-refractivity contribution in [2.45, 2.75) is 17.6 Å². The maximum Gasteiger partial charge on any atom is 0.335 e. The Morgan fingerprint density at radius 2 is 1.45 bits per heavy atom. The first-order valence-electron chi connectivity index (χ1n) is 12.1. The molecule has 3 unspecified atom stereocenters. The van der Waals surface area contributed by atoms with Crippen molar-refractivity contribution in [2.24, 2.45) is 5.92 Å². The van der Waals surface area contributed by atoms with Gasteiger partial charge in [-0.05, 0) is 46.5 Å². The van der Waals surface area contributed by atoms with Crippen LogP contribution in [0, 0.1) is 5.92 Å². The van der Waals surface area contributed by atoms with E-state index in [9.17, 15) is 19.8 Å². The summed E-state index contributed by atoms with van der Waals surface area (Å²) in [5.41, 5.74) is -1.31. The predicted molar refractivity (Wildman–Crippen MR) is 139 cm³/mol. The minimum Gasteiger partial charge on any atom is -0.497 e. The summed E-state index contributed by atoms with van der Waals surface area (Å²) in [6.45, 7) is 3.42. The van der Waals surface area contributed by atoms with E-state index in [2.05, 4.69) is 6.58 Å². The Kier molecular flexibility index (Phi) is 5.38. The van der Waals surface area contributed by atoms with Crippen LogP contribution in [0.2, 0.25) is 0 Å². The Bertz CT molecular complexity index is 1640. The van der Waals surface area contributed by atoms with Crippen LogP contribution in [0.25, 0.3) is 10.8 Å². The highest BCUT2D eigenvalue weighted by Gasteiger charge is 2.62. The quantitative estimate of drug-likeness (QED) is 0.235. The Hall–Kier alpha value is -4.46. The molecule has 0 aliphatic heterocycles. The molecule has 3 aliphatic carbocycles. The Morgan fingerprint density at radius 1 is 0.842 bits per heavy atom. The zero-order chi connectivity index (χ0) is 26.7. The lowest BCUT2D eigenvalue weighted by Crippen LogP contribution is -2.57. The summed E-state index contributed by atoms with van der Waals surface area (Å²) in [5.74, 6) is -1.32. The second-order valence-electron chi connectivity index (χ2n) is 9.49. The van der Waals surface area contributed by atoms with E-state index in [1.165, 1.54) is 7.11 Å². The number of aliphatic hydroxyl groups is 2. The number of hydrogen-bond donors (Lipinski definition) is 2. The molecule has 7 rings (SSSR count). The predicted octanol–water partition coefficient (Wildman–Crippen LogP) is 4.35. The third-order valence-electron chi connectivity index (χ3n) is 7.59. The molecule has 0 radical (unpaired) electrons. The second-order valence-corrected chi connectivity index (χ2v) is 9.49. The number of benzene rings is 4. The summed E-state index contributed by atoms with van der Waals surface area (Å²) < 4.78 is 16.6. The van der Waals surface area contributed by atoms with Crippen LogP contribution in [0.1, 0.15) is 28.7 Å². The van der Waals surface area contributed by atoms with Crippen LogP contribution in [0.3, 0.4) is 0 Å². The molecular formula is C31H24O7. The highest BCUT2D eigenvalue weighted by molar-refractivity contribution is 5.97. The molecule has 7 heteroatoms. The molecule has 0 amide bonds. The Balaban J connectivity index is 1.44. The smallest absolute Gasteiger partial charge is 0.335 e. The van der Waals surface area contributed by atoms with E-state index >= 15 is 0 Å². The molecule has 38 heavy (non-hydrogen) atoms. The number of ether oxygens (including phenoxy) is 3. The molecule has 190 valence electrons. The number of esters is 2. The minimum absolute atomic E-state index is 0.0769. The zero-order valence-corrected chi connectivity index (χ0v) is 20.5. The van der Waals surface area contributed by atoms with Crippen LogP contribution < -0.4 is 14.2 Å². The third-order valence-corrected chi connectivity index (χ3v) is 7.59. The van der Waals surface area contributed by atoms with Gasteiger partial charge in [-0.25, -0.2) is 4.79 Å². The minimum atomic E-state index is -1.73. The van der Waals surface area contributed by atoms with Crippen LogP contribution in [-0.2, 0) is 20.8 Å². The van der Waals surface area contributed by atoms with Crippen molar-refractivity contribution in [3.63, 3.8) is 0 Å². The SMILES string of the molecule is C=CC(=O)Oc1ccc(OC(=O)C2CC3(O)c4ccccc4C2(O)c2ccc(OC)cc23)c2ccccc12. The maximum absolute atomic E-state index is 13.8. The third kappa shape index (κ3) is 3.29. The van der Waals surface area contributed by atoms with Crippen molar-refractivity contribution in [3.8, 4) is 17.2 Å². The van der Waals surface area contributed by atoms with Gasteiger partial charge in [0.05, 0.1) is 13.0 Å². The van der Waals surface area contributed by atoms with Gasteiger partial charge in [0.2, 0.25) is 0 Å². The largest absolute Gasteiger partial charge is 0.497 e. The van der Waals surface area contributed by atoms with E-state index in [1.54, 1.807) is 78.9 Å². The average Bonchev–Trinajstić information content (AvgIpc) is 2.95. The van der Waals surface area contributed by atoms with Gasteiger partial charge in [-0.3, -0.25) is 4.79 Å². The molecule has 7 nitrogen and oxygen atoms in total. The van der Waals surface area contributed by atoms with Crippen molar-refractivity contribution in [3.05, 3.63) is 114 Å². The lowest BCUT2D eigenvalue weighted by atomic mass is 9.54. The Labute approximate surface area is 218 Å². The normalized spacial score (nSPS) is 22.8. The topological polar surface area (TPSA) is 102 Å². The molecule has 0 saturated heterocycles. The monoisotopic (exact) mass is 508 g/mol. The van der Waals surface area contributed by atoms with Gasteiger partial charge in [-0.2, -0.15) is 0 Å². The van der Waals surface area contributed by atoms with Crippen LogP contribution in [0.15, 0.2) is 91.5 Å². The molecule has 0 spiro atoms. The van der Waals surface area contributed by atoms with E-state index < -0.39 is 29.1 Å². The number of rotatable bonds is 5. The molecule has 4 aromatic carbocycles. The summed E-state index contributed by atoms with van der Waals surface area (Å²) >= 11 is 0. The highest BCUT2D eigenvalue weighted by Crippen LogP contribution is 2.60. The van der Waals surface area contributed by atoms with E-state index in [0.29, 0.717) is 44.5 Å². The van der Waals surface area contributed by atoms with Gasteiger partial charge in [0.25, 0.3) is 0 Å². The first-order valence-corrected chi connectivity index (χ1v) is 12.1. The van der Waals surface area contributed by atoms with Gasteiger partial charge in [-0.15, -0.1) is 0 Å². The molecule has 0 heterocycles. The van der Waals surface area contributed by atoms with Crippen LogP contribution in [0.5, 0.6) is 17.2 Å². The summed E-state index contributed by atoms with van der Waals surface area (Å²) in [7, 11) is 1.53. The van der Waals surface area contributed by atoms with Crippen molar-refractivity contribution in [1.29, 1.82) is 0 Å². The second kappa shape index (κ2) is 8.55. The van der Waals surface area contributed by atoms with Crippen molar-refractivity contribution >= 4 is 22.7 Å². The van der Waals surface area contributed by atoms with Gasteiger partial charge in [0, 0.05) is 23.3 Å². The Morgan fingerprint density at radius 3 is 2.11 bits per heavy atom. The lowest BCUT2D eigenvalue weighted by Gasteiger charge is -2.53. The molecule has 3 atom stereocenters. The molecular weight excluding hydrogens is 484 g/mol. The first kappa shape index (κ1) is 23.9. The van der Waals surface area contributed by atoms with Gasteiger partial charge in [0.1, 0.15) is 28.5 Å². The number of methoxy groups -OCH3 is 1. The van der Waals surface area contributed by atoms with Gasteiger partial charge in [0.15, 0.2) is 0 Å². The fourth-order valence-corrected chi connectivity index (χ4v) is 5.83. The van der Waals surface area contributed by atoms with Gasteiger partial charge < -0.3 is 24.4 Å². The number of hydrogen-bond acceptors (Lipinski definition) is 7. The summed E-state index contributed by atoms with van der Waals surface area (Å²) in [6.07, 6.45) is 0.990. The molecule has 2 N–H and O–H groups in total. The van der Waals surface area contributed by atoms with E-state index in [-0.39, 0.29) is 12.2 Å². The average molecular weight is 509 g/mol. The van der Waals surface area contributed by atoms with E-state index in [0.717, 1.165) is 6.08 Å². The molecule has 0 fully saturated rings. The molecule has 3 aliphatic rings. The number of carbonyl (C=O) groups excluding carboxylic acids is 2. The lowest BCUT2D eigenvalue weighted by molar-refractivity contribution is -0.157. The summed E-state index contributed by atoms with van der Waals surface area (Å²) in [6, 6.07) is 22.3. The highest BCUT2D eigenvalue weighted by atomic mass is 16.5. The van der Waals surface area contributed by atoms with Crippen molar-refractivity contribution < 1.29 is 34.0 Å². The van der Waals surface area contributed by atoms with Crippen molar-refractivity contribution in [2.75, 3.05) is 7.11 Å². The standard InChI is InChI=1S/C31H24O7/c1-3-28(32)37-26-14-15-27(20-9-5-4-8-19(20)26)38-29(33)25-17-30(34)21-10-6-7-11-22(21)31(25,35)23-13-12-18(36-2)16-24(23)30/h3-16,25,34-35H,1,17H2,2H3. The van der Waals surface area contributed by atoms with Gasteiger partial charge in [-0.1, -0.05) is 61.2 Å². The molecule has 0 aromatic heterocycles. The summed E-state index contributed by atoms with van der Waals surface area (Å²) in [4.78, 5) is 25.6. The van der Waals surface area contributed by atoms with Crippen LogP contribution >= 0.6 is 0 Å². The molecule has 2 bridgehead atoms. The van der Waals surface area contributed by atoms with E-state index in [4.69, 9.17) is 14.2 Å². The van der Waals surface area contributed by atoms with Crippen LogP contribution in [0.4, 0.5) is 0 Å². The summed E-state index contributed by atoms with van der Waals surface area (Å²) in [5, 5.41) is 25.4. The number of fused-ring (bicyclic) bond motifs is 2. The fraction of sp³-hybridized carbons (Fsp3) is 0.161.